The molecule has 2 N–H and O–H groups in total. The number of carbonyl (C=O) groups excluding carboxylic acids is 1. The van der Waals surface area contributed by atoms with E-state index in [1.807, 2.05) is 73.8 Å². The molecule has 144 valence electrons. The Bertz CT molecular complexity index is 1140. The largest absolute Gasteiger partial charge is 0.332 e. The van der Waals surface area contributed by atoms with Crippen LogP contribution < -0.4 is 10.6 Å². The first-order valence-corrected chi connectivity index (χ1v) is 10.1. The van der Waals surface area contributed by atoms with Crippen LogP contribution in [-0.4, -0.2) is 15.9 Å². The Morgan fingerprint density at radius 1 is 0.897 bits per heavy atom. The molecule has 0 fully saturated rings. The fraction of sp³-hybridized carbons (Fsp3) is 0.0870. The molecule has 2 aromatic carbocycles. The van der Waals surface area contributed by atoms with Crippen LogP contribution in [0.5, 0.6) is 0 Å². The van der Waals surface area contributed by atoms with Gasteiger partial charge in [0.05, 0.1) is 5.69 Å². The number of anilines is 3. The van der Waals surface area contributed by atoms with Gasteiger partial charge in [0.25, 0.3) is 5.91 Å². The molecule has 1 amide bonds. The van der Waals surface area contributed by atoms with Crippen molar-refractivity contribution in [3.05, 3.63) is 89.1 Å². The molecule has 0 bridgehead atoms. The van der Waals surface area contributed by atoms with Crippen LogP contribution in [0.4, 0.5) is 16.5 Å². The number of carbonyl (C=O) groups is 1. The van der Waals surface area contributed by atoms with Crippen molar-refractivity contribution in [3.63, 3.8) is 0 Å². The summed E-state index contributed by atoms with van der Waals surface area (Å²) in [5.41, 5.74) is 6.53. The van der Waals surface area contributed by atoms with Crippen LogP contribution in [0.3, 0.4) is 0 Å². The van der Waals surface area contributed by atoms with Gasteiger partial charge in [-0.2, -0.15) is 0 Å². The number of aromatic nitrogens is 2. The first-order valence-electron chi connectivity index (χ1n) is 9.20. The number of nitrogens with one attached hydrogen (secondary N) is 2. The molecule has 0 atom stereocenters. The van der Waals surface area contributed by atoms with E-state index in [0.717, 1.165) is 33.3 Å². The quantitative estimate of drug-likeness (QED) is 0.443. The topological polar surface area (TPSA) is 66.9 Å². The molecule has 0 radical (unpaired) electrons. The number of rotatable bonds is 5. The summed E-state index contributed by atoms with van der Waals surface area (Å²) in [5, 5.41) is 9.05. The molecule has 29 heavy (non-hydrogen) atoms. The molecule has 4 rings (SSSR count). The molecule has 0 aliphatic rings. The zero-order chi connectivity index (χ0) is 20.2. The summed E-state index contributed by atoms with van der Waals surface area (Å²) in [5.74, 6) is -0.115. The fourth-order valence-corrected chi connectivity index (χ4v) is 3.57. The Kier molecular flexibility index (Phi) is 5.35. The Morgan fingerprint density at radius 2 is 1.62 bits per heavy atom. The van der Waals surface area contributed by atoms with Crippen LogP contribution in [0.2, 0.25) is 0 Å². The second-order valence-corrected chi connectivity index (χ2v) is 7.59. The molecule has 0 saturated carbocycles. The normalized spacial score (nSPS) is 10.6. The third-order valence-corrected chi connectivity index (χ3v) is 5.40. The van der Waals surface area contributed by atoms with Crippen LogP contribution in [-0.2, 0) is 0 Å². The van der Waals surface area contributed by atoms with Gasteiger partial charge in [-0.05, 0) is 73.5 Å². The number of benzene rings is 2. The molecule has 0 spiro atoms. The monoisotopic (exact) mass is 400 g/mol. The second kappa shape index (κ2) is 8.24. The summed E-state index contributed by atoms with van der Waals surface area (Å²) in [6, 6.07) is 17.2. The lowest BCUT2D eigenvalue weighted by Gasteiger charge is -2.08. The van der Waals surface area contributed by atoms with Gasteiger partial charge in [0.2, 0.25) is 0 Å². The van der Waals surface area contributed by atoms with Gasteiger partial charge < -0.3 is 10.6 Å². The molecule has 2 aromatic heterocycles. The smallest absolute Gasteiger partial charge is 0.255 e. The number of thiazole rings is 1. The average molecular weight is 401 g/mol. The Balaban J connectivity index is 1.41. The molecular formula is C23H20N4OS. The molecule has 2 heterocycles. The molecule has 4 aromatic rings. The van der Waals surface area contributed by atoms with E-state index < -0.39 is 0 Å². The van der Waals surface area contributed by atoms with E-state index in [-0.39, 0.29) is 5.91 Å². The van der Waals surface area contributed by atoms with Crippen LogP contribution in [0.15, 0.2) is 72.4 Å². The number of amides is 1. The average Bonchev–Trinajstić information content (AvgIpc) is 3.20. The van der Waals surface area contributed by atoms with Crippen molar-refractivity contribution in [1.82, 2.24) is 9.97 Å². The predicted octanol–water partition coefficient (Wildman–Crippen LogP) is 5.82. The van der Waals surface area contributed by atoms with Gasteiger partial charge in [-0.15, -0.1) is 11.3 Å². The maximum Gasteiger partial charge on any atom is 0.255 e. The minimum Gasteiger partial charge on any atom is -0.332 e. The molecule has 0 saturated heterocycles. The van der Waals surface area contributed by atoms with Crippen molar-refractivity contribution in [2.45, 2.75) is 13.8 Å². The molecule has 5 nitrogen and oxygen atoms in total. The van der Waals surface area contributed by atoms with E-state index in [0.29, 0.717) is 5.56 Å². The summed E-state index contributed by atoms with van der Waals surface area (Å²) in [7, 11) is 0. The molecule has 0 aliphatic carbocycles. The maximum atomic E-state index is 12.5. The lowest BCUT2D eigenvalue weighted by molar-refractivity contribution is 0.102. The minimum atomic E-state index is -0.115. The minimum absolute atomic E-state index is 0.115. The van der Waals surface area contributed by atoms with Crippen molar-refractivity contribution < 1.29 is 4.79 Å². The highest BCUT2D eigenvalue weighted by molar-refractivity contribution is 7.14. The summed E-state index contributed by atoms with van der Waals surface area (Å²) in [4.78, 5) is 21.1. The third kappa shape index (κ3) is 4.50. The Morgan fingerprint density at radius 3 is 2.34 bits per heavy atom. The van der Waals surface area contributed by atoms with Gasteiger partial charge in [-0.25, -0.2) is 4.98 Å². The highest BCUT2D eigenvalue weighted by Gasteiger charge is 2.08. The molecule has 0 unspecified atom stereocenters. The molecule has 6 heteroatoms. The van der Waals surface area contributed by atoms with Gasteiger partial charge >= 0.3 is 0 Å². The highest BCUT2D eigenvalue weighted by Crippen LogP contribution is 2.27. The number of aryl methyl sites for hydroxylation is 2. The van der Waals surface area contributed by atoms with Crippen molar-refractivity contribution in [2.75, 3.05) is 10.6 Å². The number of hydrogen-bond donors (Lipinski definition) is 2. The lowest BCUT2D eigenvalue weighted by atomic mass is 10.1. The van der Waals surface area contributed by atoms with Crippen molar-refractivity contribution in [1.29, 1.82) is 0 Å². The summed E-state index contributed by atoms with van der Waals surface area (Å²) >= 11 is 1.54. The van der Waals surface area contributed by atoms with Gasteiger partial charge in [-0.3, -0.25) is 9.78 Å². The zero-order valence-electron chi connectivity index (χ0n) is 16.1. The van der Waals surface area contributed by atoms with Crippen LogP contribution >= 0.6 is 11.3 Å². The van der Waals surface area contributed by atoms with E-state index in [1.165, 1.54) is 5.56 Å². The summed E-state index contributed by atoms with van der Waals surface area (Å²) in [6.07, 6.45) is 3.51. The summed E-state index contributed by atoms with van der Waals surface area (Å²) in [6.45, 7) is 4.04. The van der Waals surface area contributed by atoms with Crippen LogP contribution in [0.25, 0.3) is 11.3 Å². The second-order valence-electron chi connectivity index (χ2n) is 6.73. The third-order valence-electron chi connectivity index (χ3n) is 4.64. The van der Waals surface area contributed by atoms with Gasteiger partial charge in [0, 0.05) is 40.3 Å². The van der Waals surface area contributed by atoms with E-state index in [4.69, 9.17) is 0 Å². The number of hydrogen-bond acceptors (Lipinski definition) is 5. The van der Waals surface area contributed by atoms with E-state index in [1.54, 1.807) is 23.7 Å². The van der Waals surface area contributed by atoms with Crippen LogP contribution in [0.1, 0.15) is 21.5 Å². The van der Waals surface area contributed by atoms with Crippen molar-refractivity contribution in [3.8, 4) is 11.3 Å². The van der Waals surface area contributed by atoms with E-state index in [2.05, 4.69) is 20.6 Å². The number of pyridine rings is 1. The van der Waals surface area contributed by atoms with E-state index >= 15 is 0 Å². The van der Waals surface area contributed by atoms with Crippen molar-refractivity contribution >= 4 is 33.8 Å². The Hall–Kier alpha value is -3.51. The van der Waals surface area contributed by atoms with Gasteiger partial charge in [0.15, 0.2) is 5.13 Å². The molecular weight excluding hydrogens is 380 g/mol. The zero-order valence-corrected chi connectivity index (χ0v) is 17.0. The number of nitrogens with zero attached hydrogens (tertiary/aromatic N) is 2. The first kappa shape index (κ1) is 18.8. The van der Waals surface area contributed by atoms with Crippen LogP contribution in [0, 0.1) is 13.8 Å². The van der Waals surface area contributed by atoms with E-state index in [9.17, 15) is 4.79 Å². The predicted molar refractivity (Wildman–Crippen MR) is 119 cm³/mol. The lowest BCUT2D eigenvalue weighted by Crippen LogP contribution is -2.12. The highest BCUT2D eigenvalue weighted by atomic mass is 32.1. The molecule has 0 aliphatic heterocycles. The maximum absolute atomic E-state index is 12.5. The fourth-order valence-electron chi connectivity index (χ4n) is 2.83. The van der Waals surface area contributed by atoms with Crippen molar-refractivity contribution in [2.24, 2.45) is 0 Å². The van der Waals surface area contributed by atoms with Gasteiger partial charge in [-0.1, -0.05) is 6.07 Å². The standard InChI is InChI=1S/C23H20N4OS/c1-15-3-4-18(13-16(15)2)22(28)25-19-5-7-20(8-6-19)26-23-27-21(14-29-23)17-9-11-24-12-10-17/h3-14H,1-2H3,(H,25,28)(H,26,27). The Labute approximate surface area is 173 Å². The van der Waals surface area contributed by atoms with Gasteiger partial charge in [0.1, 0.15) is 0 Å². The first-order chi connectivity index (χ1) is 14.1. The SMILES string of the molecule is Cc1ccc(C(=O)Nc2ccc(Nc3nc(-c4ccncc4)cs3)cc2)cc1C. The summed E-state index contributed by atoms with van der Waals surface area (Å²) < 4.78 is 0.